The van der Waals surface area contributed by atoms with E-state index in [4.69, 9.17) is 11.6 Å². The van der Waals surface area contributed by atoms with Crippen molar-refractivity contribution in [2.45, 2.75) is 13.5 Å². The number of hydrogen-bond acceptors (Lipinski definition) is 4. The molecule has 0 amide bonds. The highest BCUT2D eigenvalue weighted by Crippen LogP contribution is 2.25. The molecule has 0 spiro atoms. The summed E-state index contributed by atoms with van der Waals surface area (Å²) in [5.41, 5.74) is 3.13. The monoisotopic (exact) mass is 324 g/mol. The third-order valence-corrected chi connectivity index (χ3v) is 3.92. The van der Waals surface area contributed by atoms with E-state index in [1.54, 1.807) is 0 Å². The van der Waals surface area contributed by atoms with E-state index in [9.17, 15) is 0 Å². The van der Waals surface area contributed by atoms with Crippen LogP contribution in [0.5, 0.6) is 0 Å². The van der Waals surface area contributed by atoms with Crippen molar-refractivity contribution in [1.82, 2.24) is 9.97 Å². The normalized spacial score (nSPS) is 10.3. The summed E-state index contributed by atoms with van der Waals surface area (Å²) < 4.78 is 0. The van der Waals surface area contributed by atoms with Gasteiger partial charge in [0.05, 0.1) is 0 Å². The van der Waals surface area contributed by atoms with E-state index < -0.39 is 0 Å². The Bertz CT molecular complexity index is 790. The first-order valence-corrected chi connectivity index (χ1v) is 7.72. The van der Waals surface area contributed by atoms with Crippen LogP contribution in [0, 0.1) is 6.92 Å². The highest BCUT2D eigenvalue weighted by atomic mass is 35.5. The minimum atomic E-state index is 0.716. The minimum absolute atomic E-state index is 0.716. The van der Waals surface area contributed by atoms with Crippen LogP contribution in [0.25, 0.3) is 0 Å². The molecule has 1 aromatic heterocycles. The highest BCUT2D eigenvalue weighted by molar-refractivity contribution is 6.31. The van der Waals surface area contributed by atoms with Gasteiger partial charge in [-0.05, 0) is 30.2 Å². The Hall–Kier alpha value is -2.59. The van der Waals surface area contributed by atoms with Crippen LogP contribution < -0.4 is 10.6 Å². The molecule has 1 heterocycles. The molecule has 2 N–H and O–H groups in total. The number of nitrogens with zero attached hydrogens (tertiary/aromatic N) is 2. The molecule has 0 radical (unpaired) electrons. The fourth-order valence-corrected chi connectivity index (χ4v) is 2.37. The largest absolute Gasteiger partial charge is 0.366 e. The van der Waals surface area contributed by atoms with Gasteiger partial charge in [-0.25, -0.2) is 9.97 Å². The number of aromatic nitrogens is 2. The van der Waals surface area contributed by atoms with Crippen LogP contribution in [0.4, 0.5) is 17.3 Å². The van der Waals surface area contributed by atoms with E-state index in [0.717, 1.165) is 27.9 Å². The minimum Gasteiger partial charge on any atom is -0.366 e. The van der Waals surface area contributed by atoms with Crippen molar-refractivity contribution in [3.8, 4) is 0 Å². The fourth-order valence-electron chi connectivity index (χ4n) is 2.19. The molecule has 0 atom stereocenters. The summed E-state index contributed by atoms with van der Waals surface area (Å²) in [4.78, 5) is 8.50. The molecule has 2 aromatic carbocycles. The van der Waals surface area contributed by atoms with Gasteiger partial charge in [0.15, 0.2) is 0 Å². The van der Waals surface area contributed by atoms with Gasteiger partial charge in [-0.3, -0.25) is 0 Å². The van der Waals surface area contributed by atoms with Gasteiger partial charge >= 0.3 is 0 Å². The molecule has 23 heavy (non-hydrogen) atoms. The first kappa shape index (κ1) is 15.3. The SMILES string of the molecule is Cc1c(Cl)cccc1Nc1cc(NCc2ccccc2)ncn1. The van der Waals surface area contributed by atoms with E-state index in [1.165, 1.54) is 11.9 Å². The summed E-state index contributed by atoms with van der Waals surface area (Å²) in [5.74, 6) is 1.49. The Kier molecular flexibility index (Phi) is 4.74. The molecule has 3 rings (SSSR count). The second kappa shape index (κ2) is 7.11. The Morgan fingerprint density at radius 1 is 0.957 bits per heavy atom. The van der Waals surface area contributed by atoms with Crippen LogP contribution in [0.1, 0.15) is 11.1 Å². The maximum atomic E-state index is 6.14. The first-order chi connectivity index (χ1) is 11.2. The lowest BCUT2D eigenvalue weighted by atomic mass is 10.2. The van der Waals surface area contributed by atoms with E-state index in [1.807, 2.05) is 49.4 Å². The van der Waals surface area contributed by atoms with Crippen LogP contribution in [0.2, 0.25) is 5.02 Å². The molecule has 0 aliphatic rings. The summed E-state index contributed by atoms with van der Waals surface area (Å²) in [7, 11) is 0. The standard InChI is InChI=1S/C18H17ClN4/c1-13-15(19)8-5-9-16(13)23-18-10-17(21-12-22-18)20-11-14-6-3-2-4-7-14/h2-10,12H,11H2,1H3,(H2,20,21,22,23). The summed E-state index contributed by atoms with van der Waals surface area (Å²) in [5, 5.41) is 7.30. The number of nitrogens with one attached hydrogen (secondary N) is 2. The van der Waals surface area contributed by atoms with Gasteiger partial charge in [-0.2, -0.15) is 0 Å². The van der Waals surface area contributed by atoms with Gasteiger partial charge in [0, 0.05) is 23.3 Å². The van der Waals surface area contributed by atoms with Gasteiger partial charge in [0.25, 0.3) is 0 Å². The Balaban J connectivity index is 1.71. The lowest BCUT2D eigenvalue weighted by Crippen LogP contribution is -2.03. The summed E-state index contributed by atoms with van der Waals surface area (Å²) in [6, 6.07) is 17.8. The Labute approximate surface area is 140 Å². The summed E-state index contributed by atoms with van der Waals surface area (Å²) in [6.45, 7) is 2.69. The van der Waals surface area contributed by atoms with Gasteiger partial charge in [0.1, 0.15) is 18.0 Å². The Morgan fingerprint density at radius 3 is 2.57 bits per heavy atom. The maximum absolute atomic E-state index is 6.14. The van der Waals surface area contributed by atoms with Crippen molar-refractivity contribution in [3.05, 3.63) is 77.1 Å². The number of rotatable bonds is 5. The van der Waals surface area contributed by atoms with Crippen LogP contribution in [-0.4, -0.2) is 9.97 Å². The molecule has 116 valence electrons. The number of halogens is 1. The van der Waals surface area contributed by atoms with E-state index in [0.29, 0.717) is 6.54 Å². The van der Waals surface area contributed by atoms with Crippen molar-refractivity contribution in [1.29, 1.82) is 0 Å². The zero-order valence-electron chi connectivity index (χ0n) is 12.8. The van der Waals surface area contributed by atoms with Gasteiger partial charge in [-0.15, -0.1) is 0 Å². The third-order valence-electron chi connectivity index (χ3n) is 3.51. The lowest BCUT2D eigenvalue weighted by molar-refractivity contribution is 1.08. The van der Waals surface area contributed by atoms with Gasteiger partial charge < -0.3 is 10.6 Å². The topological polar surface area (TPSA) is 49.8 Å². The average molecular weight is 325 g/mol. The molecular weight excluding hydrogens is 308 g/mol. The van der Waals surface area contributed by atoms with E-state index in [-0.39, 0.29) is 0 Å². The highest BCUT2D eigenvalue weighted by Gasteiger charge is 2.04. The van der Waals surface area contributed by atoms with E-state index >= 15 is 0 Å². The van der Waals surface area contributed by atoms with Crippen molar-refractivity contribution in [3.63, 3.8) is 0 Å². The predicted molar refractivity (Wildman–Crippen MR) is 95.3 cm³/mol. The van der Waals surface area contributed by atoms with Crippen LogP contribution in [-0.2, 0) is 6.54 Å². The van der Waals surface area contributed by atoms with E-state index in [2.05, 4.69) is 32.7 Å². The summed E-state index contributed by atoms with van der Waals surface area (Å²) in [6.07, 6.45) is 1.54. The van der Waals surface area contributed by atoms with Crippen molar-refractivity contribution in [2.24, 2.45) is 0 Å². The second-order valence-corrected chi connectivity index (χ2v) is 5.57. The molecule has 3 aromatic rings. The zero-order valence-corrected chi connectivity index (χ0v) is 13.5. The zero-order chi connectivity index (χ0) is 16.1. The molecule has 0 aliphatic carbocycles. The van der Waals surface area contributed by atoms with Crippen LogP contribution >= 0.6 is 11.6 Å². The number of anilines is 3. The first-order valence-electron chi connectivity index (χ1n) is 7.34. The van der Waals surface area contributed by atoms with Gasteiger partial charge in [0.2, 0.25) is 0 Å². The number of benzene rings is 2. The molecule has 0 bridgehead atoms. The number of hydrogen-bond donors (Lipinski definition) is 2. The van der Waals surface area contributed by atoms with Crippen molar-refractivity contribution < 1.29 is 0 Å². The second-order valence-electron chi connectivity index (χ2n) is 5.17. The fraction of sp³-hybridized carbons (Fsp3) is 0.111. The molecule has 0 fully saturated rings. The van der Waals surface area contributed by atoms with Crippen molar-refractivity contribution in [2.75, 3.05) is 10.6 Å². The molecule has 0 saturated carbocycles. The maximum Gasteiger partial charge on any atom is 0.135 e. The van der Waals surface area contributed by atoms with Crippen LogP contribution in [0.15, 0.2) is 60.9 Å². The molecule has 0 aliphatic heterocycles. The van der Waals surface area contributed by atoms with Crippen molar-refractivity contribution >= 4 is 28.9 Å². The molecule has 5 heteroatoms. The Morgan fingerprint density at radius 2 is 1.74 bits per heavy atom. The van der Waals surface area contributed by atoms with Crippen LogP contribution in [0.3, 0.4) is 0 Å². The summed E-state index contributed by atoms with van der Waals surface area (Å²) >= 11 is 6.14. The third kappa shape index (κ3) is 3.99. The quantitative estimate of drug-likeness (QED) is 0.708. The molecule has 0 saturated heterocycles. The lowest BCUT2D eigenvalue weighted by Gasteiger charge is -2.11. The smallest absolute Gasteiger partial charge is 0.135 e. The van der Waals surface area contributed by atoms with Gasteiger partial charge in [-0.1, -0.05) is 48.0 Å². The molecule has 0 unspecified atom stereocenters. The predicted octanol–water partition coefficient (Wildman–Crippen LogP) is 4.79. The molecular formula is C18H17ClN4. The molecule has 4 nitrogen and oxygen atoms in total. The average Bonchev–Trinajstić information content (AvgIpc) is 2.59.